The Morgan fingerprint density at radius 1 is 0.411 bits per heavy atom. The molecule has 10 rings (SSSR count). The van der Waals surface area contributed by atoms with Gasteiger partial charge in [0.2, 0.25) is 0 Å². The first-order valence-electron chi connectivity index (χ1n) is 34.5. The summed E-state index contributed by atoms with van der Waals surface area (Å²) in [6, 6.07) is 52.0. The Morgan fingerprint density at radius 2 is 0.720 bits per heavy atom. The Hall–Kier alpha value is -8.64. The molecule has 0 unspecified atom stereocenters. The van der Waals surface area contributed by atoms with Crippen LogP contribution in [0.1, 0.15) is 180 Å². The van der Waals surface area contributed by atoms with Gasteiger partial charge in [0.1, 0.15) is 6.61 Å². The number of ether oxygens (including phenoxy) is 3. The highest BCUT2D eigenvalue weighted by molar-refractivity contribution is 9.11. The molecule has 0 atom stereocenters. The van der Waals surface area contributed by atoms with E-state index >= 15 is 0 Å². The summed E-state index contributed by atoms with van der Waals surface area (Å²) in [6.07, 6.45) is 22.7. The van der Waals surface area contributed by atoms with E-state index in [4.69, 9.17) is 30.8 Å². The second-order valence-corrected chi connectivity index (χ2v) is 28.7. The number of aromatic nitrogens is 5. The van der Waals surface area contributed by atoms with Gasteiger partial charge in [-0.2, -0.15) is 0 Å². The number of carboxylic acids is 1. The summed E-state index contributed by atoms with van der Waals surface area (Å²) in [7, 11) is 0. The summed E-state index contributed by atoms with van der Waals surface area (Å²) >= 11 is 10.9. The Morgan fingerprint density at radius 3 is 1.06 bits per heavy atom. The molecule has 5 aromatic carbocycles. The van der Waals surface area contributed by atoms with Gasteiger partial charge in [0, 0.05) is 41.2 Å². The largest absolute Gasteiger partial charge is 0.481 e. The number of aryl methyl sites for hydroxylation is 8. The molecule has 0 radical (unpaired) electrons. The zero-order valence-corrected chi connectivity index (χ0v) is 64.6. The first-order chi connectivity index (χ1) is 50.2. The molecule has 2 N–H and O–H groups in total. The zero-order chi connectivity index (χ0) is 73.8. The molecule has 0 fully saturated rings. The van der Waals surface area contributed by atoms with Gasteiger partial charge in [-0.3, -0.25) is 24.0 Å². The molecule has 576 valence electrons. The fourth-order valence-electron chi connectivity index (χ4n) is 9.54. The molecule has 0 amide bonds. The smallest absolute Gasteiger partial charge is 0.311 e. The van der Waals surface area contributed by atoms with Crippen LogP contribution in [-0.4, -0.2) is 91.2 Å². The number of carbonyl (C=O) groups is 5. The molecular formula is C86H110BrN5O10S5. The zero-order valence-electron chi connectivity index (χ0n) is 58.9. The molecule has 0 aliphatic rings. The van der Waals surface area contributed by atoms with Crippen LogP contribution in [0.3, 0.4) is 0 Å². The molecule has 21 heteroatoms. The number of benzene rings is 5. The molecule has 0 aliphatic heterocycles. The number of terminal acetylenes is 1. The van der Waals surface area contributed by atoms with Crippen molar-refractivity contribution in [1.82, 2.24) is 24.9 Å². The lowest BCUT2D eigenvalue weighted by Crippen LogP contribution is -2.07. The van der Waals surface area contributed by atoms with Crippen molar-refractivity contribution in [2.75, 3.05) is 26.4 Å². The van der Waals surface area contributed by atoms with Crippen molar-refractivity contribution in [3.05, 3.63) is 259 Å². The van der Waals surface area contributed by atoms with Gasteiger partial charge in [0.25, 0.3) is 0 Å². The minimum absolute atomic E-state index is 0. The molecule has 0 aliphatic carbocycles. The lowest BCUT2D eigenvalue weighted by atomic mass is 10.1. The fraction of sp³-hybridized carbons (Fsp3) is 0.372. The van der Waals surface area contributed by atoms with Crippen molar-refractivity contribution >= 4 is 102 Å². The van der Waals surface area contributed by atoms with Crippen LogP contribution >= 0.6 is 72.6 Å². The van der Waals surface area contributed by atoms with Crippen LogP contribution in [0.15, 0.2) is 182 Å². The number of unbranched alkanes of at least 4 members (excludes halogenated alkanes) is 3. The topological polar surface area (TPSA) is 218 Å². The van der Waals surface area contributed by atoms with Crippen LogP contribution in [0.5, 0.6) is 0 Å². The number of aliphatic carboxylic acids is 1. The van der Waals surface area contributed by atoms with Crippen LogP contribution in [0.2, 0.25) is 0 Å². The number of hydrogen-bond donors (Lipinski definition) is 2. The van der Waals surface area contributed by atoms with Crippen LogP contribution in [0, 0.1) is 24.2 Å². The van der Waals surface area contributed by atoms with Crippen molar-refractivity contribution in [2.45, 2.75) is 185 Å². The Bertz CT molecular complexity index is 4080. The number of hydrogen-bond acceptors (Lipinski definition) is 19. The third-order valence-corrected chi connectivity index (χ3v) is 19.6. The van der Waals surface area contributed by atoms with E-state index < -0.39 is 12.6 Å². The van der Waals surface area contributed by atoms with E-state index in [-0.39, 0.29) is 86.9 Å². The van der Waals surface area contributed by atoms with E-state index in [1.54, 1.807) is 47.9 Å². The minimum Gasteiger partial charge on any atom is -0.481 e. The van der Waals surface area contributed by atoms with Crippen molar-refractivity contribution < 1.29 is 49.8 Å². The summed E-state index contributed by atoms with van der Waals surface area (Å²) in [5, 5.41) is 30.8. The number of carboxylic acid groups (broad SMARTS) is 1. The van der Waals surface area contributed by atoms with E-state index in [1.165, 1.54) is 50.5 Å². The van der Waals surface area contributed by atoms with Gasteiger partial charge in [-0.15, -0.1) is 69.0 Å². The van der Waals surface area contributed by atoms with Gasteiger partial charge >= 0.3 is 23.9 Å². The lowest BCUT2D eigenvalue weighted by molar-refractivity contribution is -0.143. The second-order valence-electron chi connectivity index (χ2n) is 22.9. The predicted octanol–water partition coefficient (Wildman–Crippen LogP) is 20.2. The van der Waals surface area contributed by atoms with Gasteiger partial charge < -0.3 is 24.4 Å². The number of aliphatic hydroxyl groups is 1. The lowest BCUT2D eigenvalue weighted by Gasteiger charge is -2.00. The van der Waals surface area contributed by atoms with Crippen molar-refractivity contribution in [3.63, 3.8) is 0 Å². The van der Waals surface area contributed by atoms with E-state index in [1.807, 2.05) is 88.4 Å². The monoisotopic (exact) mass is 1610 g/mol. The maximum atomic E-state index is 11.4. The molecule has 5 heterocycles. The second kappa shape index (κ2) is 60.4. The number of Topliss-reactive ketones (excluding diaryl/α,β-unsaturated/α-hetero) is 1. The number of rotatable bonds is 33. The number of thiazole rings is 5. The molecule has 15 nitrogen and oxygen atoms in total. The molecule has 0 saturated heterocycles. The van der Waals surface area contributed by atoms with Crippen molar-refractivity contribution in [1.29, 1.82) is 0 Å². The number of halogens is 1. The molecule has 0 saturated carbocycles. The molecule has 10 aromatic rings. The van der Waals surface area contributed by atoms with Crippen molar-refractivity contribution in [2.24, 2.45) is 0 Å². The normalized spacial score (nSPS) is 9.76. The van der Waals surface area contributed by atoms with E-state index in [0.717, 1.165) is 149 Å². The minimum atomic E-state index is -0.819. The van der Waals surface area contributed by atoms with Gasteiger partial charge in [-0.1, -0.05) is 187 Å². The third-order valence-electron chi connectivity index (χ3n) is 14.5. The Labute approximate surface area is 666 Å². The van der Waals surface area contributed by atoms with Crippen molar-refractivity contribution in [3.8, 4) is 24.2 Å². The molecule has 0 spiro atoms. The maximum absolute atomic E-state index is 11.4. The molecule has 5 aromatic heterocycles. The number of aliphatic hydroxyl groups excluding tert-OH is 1. The van der Waals surface area contributed by atoms with Crippen LogP contribution in [0.4, 0.5) is 0 Å². The van der Waals surface area contributed by atoms with Crippen LogP contribution in [-0.2, 0) is 122 Å². The molecule has 107 heavy (non-hydrogen) atoms. The third kappa shape index (κ3) is 45.6. The maximum Gasteiger partial charge on any atom is 0.311 e. The fourth-order valence-corrected chi connectivity index (χ4v) is 13.8. The average molecular weight is 1610 g/mol. The standard InChI is InChI=1S/C17H21NO2S.C17H17NO2S.C16H19NO2S.C15H17NO2S.C10H10.C7H8BrNO2S.4CH4.H2/c2*1-2-20-17(19)12-15-13-21-16(18-15)11-7-6-10-14-8-4-3-5-9-14;18-11-15(19)10-14-12-20-16(17-14)9-5-4-8-13-6-2-1-3-7-13;17-15(18)10-13-11-19-14(16-13)9-5-4-8-12-6-2-1-3-7-12;1-2-3-7-10-8-5-4-6-9-10;1-2-11-6(10)3-5-4-12-7(8)9-5;;;;;/h3-5,8-9,13H,2,6-7,10-12H2,1H3;3-5,8-9,13H,2,6,10,12H2,1H3;1-3,6-7,12,18H,4-5,8-11H2;1-3,6-7,11H,4-5,8-10H2,(H,17,18);1,4-6,8-9H,3,7H2;4H,2-3H2,1H3;4*1H4;1H. The summed E-state index contributed by atoms with van der Waals surface area (Å²) in [4.78, 5) is 77.0. The molecular weight excluding hydrogens is 1500 g/mol. The van der Waals surface area contributed by atoms with Gasteiger partial charge in [-0.25, -0.2) is 24.9 Å². The van der Waals surface area contributed by atoms with E-state index in [0.29, 0.717) is 25.5 Å². The SMILES string of the molecule is C.C.C.C.C#CCCc1ccccc1.CCOC(=O)Cc1csc(Br)n1.CCOC(=O)Cc1csc(C#CCCc2ccccc2)n1.CCOC(=O)Cc1csc(CCCCc2ccccc2)n1.O=C(CO)Cc1csc(CCCCc2ccccc2)n1.O=C(O)Cc1csc(CCCCc2ccccc2)n1.[HH]. The number of ketones is 1. The summed E-state index contributed by atoms with van der Waals surface area (Å²) in [5.41, 5.74) is 10.5. The van der Waals surface area contributed by atoms with Gasteiger partial charge in [0.15, 0.2) is 14.7 Å². The Kier molecular flexibility index (Phi) is 54.4. The van der Waals surface area contributed by atoms with E-state index in [9.17, 15) is 24.0 Å². The highest BCUT2D eigenvalue weighted by Gasteiger charge is 2.12. The van der Waals surface area contributed by atoms with Gasteiger partial charge in [-0.05, 0) is 160 Å². The Balaban J connectivity index is 0.00000128. The highest BCUT2D eigenvalue weighted by atomic mass is 79.9. The molecule has 0 bridgehead atoms. The first-order valence-corrected chi connectivity index (χ1v) is 39.7. The number of carbonyl (C=O) groups excluding carboxylic acids is 4. The predicted molar refractivity (Wildman–Crippen MR) is 450 cm³/mol. The number of esters is 3. The number of nitrogens with zero attached hydrogens (tertiary/aromatic N) is 5. The summed E-state index contributed by atoms with van der Waals surface area (Å²) in [5.74, 6) is 7.13. The summed E-state index contributed by atoms with van der Waals surface area (Å²) < 4.78 is 15.4. The van der Waals surface area contributed by atoms with E-state index in [2.05, 4.69) is 156 Å². The van der Waals surface area contributed by atoms with Crippen LogP contribution in [0.25, 0.3) is 0 Å². The van der Waals surface area contributed by atoms with Crippen LogP contribution < -0.4 is 0 Å². The summed E-state index contributed by atoms with van der Waals surface area (Å²) in [6.45, 7) is 6.24. The quantitative estimate of drug-likeness (QED) is 0.0169. The average Bonchev–Trinajstić information content (AvgIpc) is 1.79. The highest BCUT2D eigenvalue weighted by Crippen LogP contribution is 2.20. The van der Waals surface area contributed by atoms with Gasteiger partial charge in [0.05, 0.1) is 95.4 Å². The first kappa shape index (κ1) is 96.4.